The predicted octanol–water partition coefficient (Wildman–Crippen LogP) is 2.19. The highest BCUT2D eigenvalue weighted by Gasteiger charge is 2.45. The third kappa shape index (κ3) is 1.98. The summed E-state index contributed by atoms with van der Waals surface area (Å²) in [4.78, 5) is 11.6. The molecule has 0 saturated heterocycles. The number of hydrogen-bond acceptors (Lipinski definition) is 3. The van der Waals surface area contributed by atoms with Gasteiger partial charge in [-0.1, -0.05) is 25.1 Å². The molecule has 1 fully saturated rings. The molecule has 1 aromatic carbocycles. The van der Waals surface area contributed by atoms with Gasteiger partial charge in [-0.05, 0) is 31.9 Å². The smallest absolute Gasteiger partial charge is 0.323 e. The van der Waals surface area contributed by atoms with Gasteiger partial charge < -0.3 is 10.4 Å². The molecule has 2 unspecified atom stereocenters. The average molecular weight is 273 g/mol. The van der Waals surface area contributed by atoms with Crippen molar-refractivity contribution in [2.45, 2.75) is 37.8 Å². The minimum Gasteiger partial charge on any atom is -0.480 e. The van der Waals surface area contributed by atoms with Crippen molar-refractivity contribution in [2.75, 3.05) is 6.54 Å². The van der Waals surface area contributed by atoms with Crippen LogP contribution in [0.25, 0.3) is 10.9 Å². The number of nitrogens with zero attached hydrogens (tertiary/aromatic N) is 2. The molecule has 1 aromatic heterocycles. The molecule has 2 atom stereocenters. The van der Waals surface area contributed by atoms with Gasteiger partial charge in [0.2, 0.25) is 0 Å². The van der Waals surface area contributed by atoms with E-state index in [9.17, 15) is 9.90 Å². The van der Waals surface area contributed by atoms with Crippen molar-refractivity contribution in [2.24, 2.45) is 0 Å². The van der Waals surface area contributed by atoms with E-state index in [2.05, 4.69) is 10.4 Å². The zero-order valence-corrected chi connectivity index (χ0v) is 11.5. The Morgan fingerprint density at radius 3 is 3.10 bits per heavy atom. The Labute approximate surface area is 117 Å². The first-order chi connectivity index (χ1) is 9.66. The molecule has 5 heteroatoms. The fourth-order valence-electron chi connectivity index (χ4n) is 3.28. The lowest BCUT2D eigenvalue weighted by atomic mass is 9.97. The molecule has 1 heterocycles. The van der Waals surface area contributed by atoms with E-state index in [0.717, 1.165) is 17.3 Å². The van der Waals surface area contributed by atoms with Crippen LogP contribution in [0.4, 0.5) is 0 Å². The number of aromatic nitrogens is 2. The molecule has 0 spiro atoms. The van der Waals surface area contributed by atoms with Gasteiger partial charge in [-0.15, -0.1) is 0 Å². The van der Waals surface area contributed by atoms with Crippen LogP contribution in [0.15, 0.2) is 30.5 Å². The van der Waals surface area contributed by atoms with Gasteiger partial charge in [0.05, 0.1) is 17.8 Å². The van der Waals surface area contributed by atoms with E-state index >= 15 is 0 Å². The van der Waals surface area contributed by atoms with Gasteiger partial charge in [0.15, 0.2) is 0 Å². The molecule has 2 aromatic rings. The van der Waals surface area contributed by atoms with E-state index in [0.29, 0.717) is 19.4 Å². The largest absolute Gasteiger partial charge is 0.480 e. The second-order valence-electron chi connectivity index (χ2n) is 5.46. The average Bonchev–Trinajstić information content (AvgIpc) is 3.03. The van der Waals surface area contributed by atoms with Crippen molar-refractivity contribution in [3.63, 3.8) is 0 Å². The monoisotopic (exact) mass is 273 g/mol. The molecular weight excluding hydrogens is 254 g/mol. The van der Waals surface area contributed by atoms with Gasteiger partial charge in [0, 0.05) is 5.39 Å². The number of hydrogen-bond donors (Lipinski definition) is 2. The van der Waals surface area contributed by atoms with E-state index < -0.39 is 11.5 Å². The van der Waals surface area contributed by atoms with Crippen LogP contribution in [-0.2, 0) is 4.79 Å². The number of aliphatic carboxylic acids is 1. The summed E-state index contributed by atoms with van der Waals surface area (Å²) in [5.74, 6) is -0.752. The van der Waals surface area contributed by atoms with Crippen LogP contribution in [0.2, 0.25) is 0 Å². The molecule has 106 valence electrons. The molecule has 2 N–H and O–H groups in total. The number of rotatable bonds is 4. The summed E-state index contributed by atoms with van der Waals surface area (Å²) in [7, 11) is 0. The molecule has 1 aliphatic rings. The van der Waals surface area contributed by atoms with E-state index in [-0.39, 0.29) is 6.04 Å². The fourth-order valence-corrected chi connectivity index (χ4v) is 3.28. The summed E-state index contributed by atoms with van der Waals surface area (Å²) in [6, 6.07) is 8.19. The SMILES string of the molecule is CCNC1(C(=O)O)CCC(n2ncc3ccccc32)C1. The van der Waals surface area contributed by atoms with Crippen molar-refractivity contribution >= 4 is 16.9 Å². The minimum absolute atomic E-state index is 0.144. The van der Waals surface area contributed by atoms with Crippen LogP contribution < -0.4 is 5.32 Å². The lowest BCUT2D eigenvalue weighted by molar-refractivity contribution is -0.144. The second-order valence-corrected chi connectivity index (χ2v) is 5.46. The van der Waals surface area contributed by atoms with Crippen LogP contribution in [0.1, 0.15) is 32.2 Å². The molecule has 0 aliphatic heterocycles. The van der Waals surface area contributed by atoms with Crippen LogP contribution in [0.3, 0.4) is 0 Å². The lowest BCUT2D eigenvalue weighted by Crippen LogP contribution is -2.50. The molecule has 1 aliphatic carbocycles. The first-order valence-corrected chi connectivity index (χ1v) is 7.07. The number of carbonyl (C=O) groups is 1. The van der Waals surface area contributed by atoms with Gasteiger partial charge in [0.25, 0.3) is 0 Å². The van der Waals surface area contributed by atoms with Gasteiger partial charge in [-0.3, -0.25) is 9.48 Å². The zero-order valence-electron chi connectivity index (χ0n) is 11.5. The van der Waals surface area contributed by atoms with Crippen molar-refractivity contribution in [1.29, 1.82) is 0 Å². The van der Waals surface area contributed by atoms with E-state index in [1.807, 2.05) is 42.1 Å². The first kappa shape index (κ1) is 13.1. The minimum atomic E-state index is -0.799. The van der Waals surface area contributed by atoms with Gasteiger partial charge in [0.1, 0.15) is 5.54 Å². The van der Waals surface area contributed by atoms with Gasteiger partial charge in [-0.2, -0.15) is 5.10 Å². The first-order valence-electron chi connectivity index (χ1n) is 7.07. The maximum absolute atomic E-state index is 11.6. The lowest BCUT2D eigenvalue weighted by Gasteiger charge is -2.25. The number of fused-ring (bicyclic) bond motifs is 1. The van der Waals surface area contributed by atoms with E-state index in [1.165, 1.54) is 0 Å². The standard InChI is InChI=1S/C15H19N3O2/c1-2-16-15(14(19)20)8-7-12(9-15)18-13-6-4-3-5-11(13)10-17-18/h3-6,10,12,16H,2,7-9H2,1H3,(H,19,20). The van der Waals surface area contributed by atoms with Crippen LogP contribution in [-0.4, -0.2) is 32.9 Å². The second kappa shape index (κ2) is 4.90. The highest BCUT2D eigenvalue weighted by Crippen LogP contribution is 2.39. The molecule has 5 nitrogen and oxygen atoms in total. The van der Waals surface area contributed by atoms with Crippen molar-refractivity contribution < 1.29 is 9.90 Å². The third-order valence-electron chi connectivity index (χ3n) is 4.26. The molecule has 20 heavy (non-hydrogen) atoms. The van der Waals surface area contributed by atoms with E-state index in [1.54, 1.807) is 0 Å². The zero-order chi connectivity index (χ0) is 14.2. The number of likely N-dealkylation sites (N-methyl/N-ethyl adjacent to an activating group) is 1. The van der Waals surface area contributed by atoms with Crippen molar-refractivity contribution in [1.82, 2.24) is 15.1 Å². The quantitative estimate of drug-likeness (QED) is 0.896. The summed E-state index contributed by atoms with van der Waals surface area (Å²) < 4.78 is 1.98. The Balaban J connectivity index is 1.92. The normalized spacial score (nSPS) is 26.1. The highest BCUT2D eigenvalue weighted by molar-refractivity contribution is 5.80. The molecule has 3 rings (SSSR count). The fraction of sp³-hybridized carbons (Fsp3) is 0.467. The molecule has 0 radical (unpaired) electrons. The Hall–Kier alpha value is -1.88. The maximum Gasteiger partial charge on any atom is 0.323 e. The number of benzene rings is 1. The summed E-state index contributed by atoms with van der Waals surface area (Å²) in [5.41, 5.74) is 0.280. The third-order valence-corrected chi connectivity index (χ3v) is 4.26. The molecule has 1 saturated carbocycles. The van der Waals surface area contributed by atoms with Crippen LogP contribution in [0.5, 0.6) is 0 Å². The highest BCUT2D eigenvalue weighted by atomic mass is 16.4. The van der Waals surface area contributed by atoms with Crippen LogP contribution >= 0.6 is 0 Å². The topological polar surface area (TPSA) is 67.2 Å². The van der Waals surface area contributed by atoms with Gasteiger partial charge >= 0.3 is 5.97 Å². The number of para-hydroxylation sites is 1. The van der Waals surface area contributed by atoms with Crippen molar-refractivity contribution in [3.8, 4) is 0 Å². The Morgan fingerprint density at radius 2 is 2.35 bits per heavy atom. The summed E-state index contributed by atoms with van der Waals surface area (Å²) >= 11 is 0. The predicted molar refractivity (Wildman–Crippen MR) is 76.7 cm³/mol. The van der Waals surface area contributed by atoms with E-state index in [4.69, 9.17) is 0 Å². The Kier molecular flexibility index (Phi) is 3.22. The Bertz CT molecular complexity index is 637. The maximum atomic E-state index is 11.6. The summed E-state index contributed by atoms with van der Waals surface area (Å²) in [5, 5.41) is 18.2. The molecule has 0 bridgehead atoms. The summed E-state index contributed by atoms with van der Waals surface area (Å²) in [6.07, 6.45) is 3.92. The number of carboxylic acid groups (broad SMARTS) is 1. The summed E-state index contributed by atoms with van der Waals surface area (Å²) in [6.45, 7) is 2.61. The van der Waals surface area contributed by atoms with Gasteiger partial charge in [-0.25, -0.2) is 0 Å². The van der Waals surface area contributed by atoms with Crippen molar-refractivity contribution in [3.05, 3.63) is 30.5 Å². The van der Waals surface area contributed by atoms with Crippen LogP contribution in [0, 0.1) is 0 Å². The Morgan fingerprint density at radius 1 is 1.55 bits per heavy atom. The number of carboxylic acids is 1. The molecular formula is C15H19N3O2. The molecule has 0 amide bonds. The number of nitrogens with one attached hydrogen (secondary N) is 1.